The first-order chi connectivity index (χ1) is 9.79. The van der Waals surface area contributed by atoms with E-state index in [-0.39, 0.29) is 0 Å². The average molecular weight is 269 g/mol. The molecule has 20 heavy (non-hydrogen) atoms. The summed E-state index contributed by atoms with van der Waals surface area (Å²) < 4.78 is 5.44. The third kappa shape index (κ3) is 4.39. The van der Waals surface area contributed by atoms with Gasteiger partial charge in [0.25, 0.3) is 0 Å². The molecule has 0 aromatic heterocycles. The van der Waals surface area contributed by atoms with E-state index in [1.807, 2.05) is 19.1 Å². The Hall–Kier alpha value is -1.80. The second kappa shape index (κ2) is 7.71. The molecule has 2 aromatic rings. The topological polar surface area (TPSA) is 21.3 Å². The standard InChI is InChI=1S/C18H23NO/c1-3-20-18-10-8-16(9-11-18)14-19-13-12-17-7-5-4-6-15(17)2/h4-11,19H,3,12-14H2,1-2H3. The normalized spacial score (nSPS) is 10.5. The Kier molecular flexibility index (Phi) is 5.63. The van der Waals surface area contributed by atoms with Crippen molar-refractivity contribution in [3.05, 3.63) is 65.2 Å². The Labute approximate surface area is 121 Å². The van der Waals surface area contributed by atoms with Crippen LogP contribution in [0.3, 0.4) is 0 Å². The fourth-order valence-corrected chi connectivity index (χ4v) is 2.22. The van der Waals surface area contributed by atoms with Crippen LogP contribution in [0.4, 0.5) is 0 Å². The van der Waals surface area contributed by atoms with Crippen LogP contribution in [0, 0.1) is 6.92 Å². The molecular weight excluding hydrogens is 246 g/mol. The Morgan fingerprint density at radius 3 is 2.45 bits per heavy atom. The first-order valence-corrected chi connectivity index (χ1v) is 7.26. The lowest BCUT2D eigenvalue weighted by Gasteiger charge is -2.08. The maximum atomic E-state index is 5.44. The van der Waals surface area contributed by atoms with Gasteiger partial charge in [0.1, 0.15) is 5.75 Å². The number of hydrogen-bond donors (Lipinski definition) is 1. The lowest BCUT2D eigenvalue weighted by atomic mass is 10.1. The minimum Gasteiger partial charge on any atom is -0.494 e. The number of rotatable bonds is 7. The van der Waals surface area contributed by atoms with Gasteiger partial charge < -0.3 is 10.1 Å². The van der Waals surface area contributed by atoms with E-state index in [1.54, 1.807) is 0 Å². The van der Waals surface area contributed by atoms with Crippen LogP contribution in [0.25, 0.3) is 0 Å². The van der Waals surface area contributed by atoms with E-state index in [1.165, 1.54) is 16.7 Å². The van der Waals surface area contributed by atoms with Crippen molar-refractivity contribution in [1.82, 2.24) is 5.32 Å². The quantitative estimate of drug-likeness (QED) is 0.773. The first kappa shape index (κ1) is 14.6. The molecule has 0 fully saturated rings. The number of nitrogens with one attached hydrogen (secondary N) is 1. The third-order valence-electron chi connectivity index (χ3n) is 3.40. The summed E-state index contributed by atoms with van der Waals surface area (Å²) >= 11 is 0. The van der Waals surface area contributed by atoms with E-state index in [0.717, 1.165) is 25.3 Å². The van der Waals surface area contributed by atoms with Gasteiger partial charge in [-0.15, -0.1) is 0 Å². The van der Waals surface area contributed by atoms with Crippen molar-refractivity contribution in [2.45, 2.75) is 26.8 Å². The summed E-state index contributed by atoms with van der Waals surface area (Å²) in [6.07, 6.45) is 1.07. The third-order valence-corrected chi connectivity index (χ3v) is 3.40. The number of aryl methyl sites for hydroxylation is 1. The molecule has 2 aromatic carbocycles. The van der Waals surface area contributed by atoms with Crippen molar-refractivity contribution in [3.63, 3.8) is 0 Å². The molecule has 2 rings (SSSR count). The smallest absolute Gasteiger partial charge is 0.119 e. The maximum Gasteiger partial charge on any atom is 0.119 e. The van der Waals surface area contributed by atoms with Gasteiger partial charge in [-0.1, -0.05) is 36.4 Å². The molecular formula is C18H23NO. The highest BCUT2D eigenvalue weighted by Crippen LogP contribution is 2.12. The first-order valence-electron chi connectivity index (χ1n) is 7.26. The summed E-state index contributed by atoms with van der Waals surface area (Å²) in [6, 6.07) is 16.9. The van der Waals surface area contributed by atoms with Crippen molar-refractivity contribution in [2.75, 3.05) is 13.2 Å². The van der Waals surface area contributed by atoms with Gasteiger partial charge in [0.15, 0.2) is 0 Å². The summed E-state index contributed by atoms with van der Waals surface area (Å²) in [5, 5.41) is 3.49. The lowest BCUT2D eigenvalue weighted by Crippen LogP contribution is -2.17. The molecule has 1 N–H and O–H groups in total. The van der Waals surface area contributed by atoms with Crippen LogP contribution in [0.15, 0.2) is 48.5 Å². The molecule has 0 bridgehead atoms. The van der Waals surface area contributed by atoms with Crippen molar-refractivity contribution >= 4 is 0 Å². The van der Waals surface area contributed by atoms with Gasteiger partial charge >= 0.3 is 0 Å². The summed E-state index contributed by atoms with van der Waals surface area (Å²) in [5.41, 5.74) is 4.08. The monoisotopic (exact) mass is 269 g/mol. The largest absolute Gasteiger partial charge is 0.494 e. The Balaban J connectivity index is 1.74. The molecule has 2 heteroatoms. The van der Waals surface area contributed by atoms with E-state index >= 15 is 0 Å². The molecule has 0 amide bonds. The molecule has 2 nitrogen and oxygen atoms in total. The molecule has 0 saturated heterocycles. The number of benzene rings is 2. The van der Waals surface area contributed by atoms with E-state index in [0.29, 0.717) is 6.61 Å². The zero-order valence-corrected chi connectivity index (χ0v) is 12.4. The van der Waals surface area contributed by atoms with Gasteiger partial charge in [-0.3, -0.25) is 0 Å². The van der Waals surface area contributed by atoms with Gasteiger partial charge in [0.2, 0.25) is 0 Å². The van der Waals surface area contributed by atoms with Crippen LogP contribution in [0.1, 0.15) is 23.6 Å². The molecule has 0 saturated carbocycles. The molecule has 0 spiro atoms. The van der Waals surface area contributed by atoms with Crippen LogP contribution in [-0.4, -0.2) is 13.2 Å². The fourth-order valence-electron chi connectivity index (χ4n) is 2.22. The molecule has 0 aliphatic carbocycles. The highest BCUT2D eigenvalue weighted by Gasteiger charge is 1.98. The molecule has 106 valence electrons. The zero-order valence-electron chi connectivity index (χ0n) is 12.4. The highest BCUT2D eigenvalue weighted by atomic mass is 16.5. The average Bonchev–Trinajstić information content (AvgIpc) is 2.47. The van der Waals surface area contributed by atoms with E-state index in [2.05, 4.69) is 48.6 Å². The predicted molar refractivity (Wildman–Crippen MR) is 84.2 cm³/mol. The van der Waals surface area contributed by atoms with E-state index in [4.69, 9.17) is 4.74 Å². The van der Waals surface area contributed by atoms with E-state index in [9.17, 15) is 0 Å². The van der Waals surface area contributed by atoms with Gasteiger partial charge in [-0.05, 0) is 55.6 Å². The van der Waals surface area contributed by atoms with Gasteiger partial charge in [-0.2, -0.15) is 0 Å². The Bertz CT molecular complexity index is 519. The number of hydrogen-bond acceptors (Lipinski definition) is 2. The van der Waals surface area contributed by atoms with Crippen LogP contribution < -0.4 is 10.1 Å². The summed E-state index contributed by atoms with van der Waals surface area (Å²) in [7, 11) is 0. The van der Waals surface area contributed by atoms with Gasteiger partial charge in [0.05, 0.1) is 6.61 Å². The molecule has 0 aliphatic rings. The van der Waals surface area contributed by atoms with Crippen molar-refractivity contribution in [1.29, 1.82) is 0 Å². The molecule has 0 aliphatic heterocycles. The van der Waals surface area contributed by atoms with Crippen LogP contribution >= 0.6 is 0 Å². The number of ether oxygens (including phenoxy) is 1. The maximum absolute atomic E-state index is 5.44. The molecule has 0 unspecified atom stereocenters. The molecule has 0 atom stereocenters. The van der Waals surface area contributed by atoms with Gasteiger partial charge in [0, 0.05) is 6.54 Å². The minimum atomic E-state index is 0.716. The van der Waals surface area contributed by atoms with Crippen molar-refractivity contribution < 1.29 is 4.74 Å². The Morgan fingerprint density at radius 2 is 1.75 bits per heavy atom. The summed E-state index contributed by atoms with van der Waals surface area (Å²) in [4.78, 5) is 0. The summed E-state index contributed by atoms with van der Waals surface area (Å²) in [5.74, 6) is 0.941. The van der Waals surface area contributed by atoms with E-state index < -0.39 is 0 Å². The second-order valence-corrected chi connectivity index (χ2v) is 4.93. The van der Waals surface area contributed by atoms with Crippen molar-refractivity contribution in [2.24, 2.45) is 0 Å². The van der Waals surface area contributed by atoms with Crippen molar-refractivity contribution in [3.8, 4) is 5.75 Å². The SMILES string of the molecule is CCOc1ccc(CNCCc2ccccc2C)cc1. The highest BCUT2D eigenvalue weighted by molar-refractivity contribution is 5.27. The van der Waals surface area contributed by atoms with Crippen LogP contribution in [-0.2, 0) is 13.0 Å². The lowest BCUT2D eigenvalue weighted by molar-refractivity contribution is 0.340. The summed E-state index contributed by atoms with van der Waals surface area (Å²) in [6.45, 7) is 6.78. The second-order valence-electron chi connectivity index (χ2n) is 4.93. The molecule has 0 radical (unpaired) electrons. The van der Waals surface area contributed by atoms with Crippen LogP contribution in [0.5, 0.6) is 5.75 Å². The zero-order chi connectivity index (χ0) is 14.2. The Morgan fingerprint density at radius 1 is 1.00 bits per heavy atom. The predicted octanol–water partition coefficient (Wildman–Crippen LogP) is 3.73. The van der Waals surface area contributed by atoms with Gasteiger partial charge in [-0.25, -0.2) is 0 Å². The molecule has 0 heterocycles. The van der Waals surface area contributed by atoms with Crippen LogP contribution in [0.2, 0.25) is 0 Å². The fraction of sp³-hybridized carbons (Fsp3) is 0.333. The minimum absolute atomic E-state index is 0.716.